The summed E-state index contributed by atoms with van der Waals surface area (Å²) in [6.45, 7) is 0. The van der Waals surface area contributed by atoms with Gasteiger partial charge in [0.2, 0.25) is 0 Å². The fourth-order valence-corrected chi connectivity index (χ4v) is 2.32. The second-order valence-electron chi connectivity index (χ2n) is 3.64. The lowest BCUT2D eigenvalue weighted by Gasteiger charge is -2.08. The van der Waals surface area contributed by atoms with Crippen molar-refractivity contribution >= 4 is 58.2 Å². The van der Waals surface area contributed by atoms with E-state index < -0.39 is 5.91 Å². The number of amides is 1. The molecule has 0 saturated carbocycles. The van der Waals surface area contributed by atoms with Crippen LogP contribution < -0.4 is 5.32 Å². The zero-order valence-corrected chi connectivity index (χ0v) is 13.2. The summed E-state index contributed by atoms with van der Waals surface area (Å²) in [7, 11) is 0. The molecular weight excluding hydrogens is 341 g/mol. The number of halogens is 3. The van der Waals surface area contributed by atoms with Crippen molar-refractivity contribution in [3.63, 3.8) is 0 Å². The first-order valence-electron chi connectivity index (χ1n) is 5.34. The first kappa shape index (κ1) is 15.4. The monoisotopic (exact) mass is 347 g/mol. The van der Waals surface area contributed by atoms with Crippen molar-refractivity contribution < 1.29 is 4.79 Å². The van der Waals surface area contributed by atoms with Crippen molar-refractivity contribution in [2.24, 2.45) is 0 Å². The van der Waals surface area contributed by atoms with E-state index in [1.54, 1.807) is 18.2 Å². The minimum absolute atomic E-state index is 0.0833. The second kappa shape index (κ2) is 6.63. The summed E-state index contributed by atoms with van der Waals surface area (Å²) >= 11 is 19.1. The van der Waals surface area contributed by atoms with Crippen LogP contribution >= 0.6 is 46.6 Å². The zero-order chi connectivity index (χ0) is 14.7. The Balaban J connectivity index is 2.26. The molecule has 104 valence electrons. The van der Waals surface area contributed by atoms with Crippen LogP contribution in [0.15, 0.2) is 29.6 Å². The van der Waals surface area contributed by atoms with Crippen molar-refractivity contribution in [1.82, 2.24) is 9.97 Å². The van der Waals surface area contributed by atoms with E-state index in [-0.39, 0.29) is 10.7 Å². The Kier molecular flexibility index (Phi) is 5.10. The van der Waals surface area contributed by atoms with Gasteiger partial charge in [-0.05, 0) is 24.5 Å². The van der Waals surface area contributed by atoms with Crippen LogP contribution in [0.2, 0.25) is 15.2 Å². The minimum atomic E-state index is -0.452. The molecule has 20 heavy (non-hydrogen) atoms. The van der Waals surface area contributed by atoms with Crippen molar-refractivity contribution in [1.29, 1.82) is 0 Å². The summed E-state index contributed by atoms with van der Waals surface area (Å²) in [6, 6.07) is 4.77. The molecule has 0 aliphatic rings. The van der Waals surface area contributed by atoms with E-state index in [4.69, 9.17) is 34.8 Å². The number of aromatic nitrogens is 2. The molecule has 0 radical (unpaired) electrons. The minimum Gasteiger partial charge on any atom is -0.320 e. The number of hydrogen-bond acceptors (Lipinski definition) is 4. The molecule has 0 atom stereocenters. The van der Waals surface area contributed by atoms with Gasteiger partial charge in [-0.2, -0.15) is 0 Å². The molecule has 1 N–H and O–H groups in total. The van der Waals surface area contributed by atoms with Gasteiger partial charge in [0, 0.05) is 11.2 Å². The standard InChI is InChI=1S/C12H8Cl3N3OS/c1-20-12-16-5-7(10(15)18-12)11(19)17-9-4-6(13)2-3-8(9)14/h2-5H,1H3,(H,17,19). The molecule has 1 heterocycles. The van der Waals surface area contributed by atoms with E-state index >= 15 is 0 Å². The highest BCUT2D eigenvalue weighted by Gasteiger charge is 2.14. The topological polar surface area (TPSA) is 54.9 Å². The van der Waals surface area contributed by atoms with Gasteiger partial charge in [-0.1, -0.05) is 46.6 Å². The van der Waals surface area contributed by atoms with Crippen LogP contribution in [-0.2, 0) is 0 Å². The Morgan fingerprint density at radius 2 is 2.05 bits per heavy atom. The van der Waals surface area contributed by atoms with Gasteiger partial charge in [-0.3, -0.25) is 4.79 Å². The number of hydrogen-bond donors (Lipinski definition) is 1. The fourth-order valence-electron chi connectivity index (χ4n) is 1.38. The number of nitrogens with zero attached hydrogens (tertiary/aromatic N) is 2. The molecule has 0 bridgehead atoms. The zero-order valence-electron chi connectivity index (χ0n) is 10.2. The predicted octanol–water partition coefficient (Wildman–Crippen LogP) is 4.41. The lowest BCUT2D eigenvalue weighted by molar-refractivity contribution is 0.102. The maximum atomic E-state index is 12.1. The molecule has 1 aromatic carbocycles. The summed E-state index contributed by atoms with van der Waals surface area (Å²) in [5, 5.41) is 4.03. The van der Waals surface area contributed by atoms with E-state index in [9.17, 15) is 4.79 Å². The molecule has 8 heteroatoms. The summed E-state index contributed by atoms with van der Waals surface area (Å²) in [5.74, 6) is -0.452. The molecular formula is C12H8Cl3N3OS. The number of rotatable bonds is 3. The highest BCUT2D eigenvalue weighted by atomic mass is 35.5. The number of nitrogens with one attached hydrogen (secondary N) is 1. The van der Waals surface area contributed by atoms with Crippen LogP contribution in [0.5, 0.6) is 0 Å². The SMILES string of the molecule is CSc1ncc(C(=O)Nc2cc(Cl)ccc2Cl)c(Cl)n1. The smallest absolute Gasteiger partial charge is 0.260 e. The number of benzene rings is 1. The second-order valence-corrected chi connectivity index (χ2v) is 5.61. The first-order valence-corrected chi connectivity index (χ1v) is 7.70. The Morgan fingerprint density at radius 3 is 2.70 bits per heavy atom. The van der Waals surface area contributed by atoms with Gasteiger partial charge in [0.05, 0.1) is 16.3 Å². The van der Waals surface area contributed by atoms with Gasteiger partial charge >= 0.3 is 0 Å². The highest BCUT2D eigenvalue weighted by molar-refractivity contribution is 7.98. The number of anilines is 1. The summed E-state index contributed by atoms with van der Waals surface area (Å²) in [6.07, 6.45) is 3.19. The molecule has 0 fully saturated rings. The van der Waals surface area contributed by atoms with Crippen molar-refractivity contribution in [3.8, 4) is 0 Å². The Morgan fingerprint density at radius 1 is 1.30 bits per heavy atom. The van der Waals surface area contributed by atoms with Crippen molar-refractivity contribution in [2.45, 2.75) is 5.16 Å². The largest absolute Gasteiger partial charge is 0.320 e. The lowest BCUT2D eigenvalue weighted by atomic mass is 10.2. The Bertz CT molecular complexity index is 666. The maximum Gasteiger partial charge on any atom is 0.260 e. The van der Waals surface area contributed by atoms with E-state index in [1.807, 2.05) is 6.26 Å². The van der Waals surface area contributed by atoms with Crippen LogP contribution in [-0.4, -0.2) is 22.1 Å². The van der Waals surface area contributed by atoms with Gasteiger partial charge in [0.1, 0.15) is 5.15 Å². The third kappa shape index (κ3) is 3.55. The molecule has 0 saturated heterocycles. The van der Waals surface area contributed by atoms with Gasteiger partial charge in [-0.15, -0.1) is 0 Å². The van der Waals surface area contributed by atoms with Crippen LogP contribution in [0.25, 0.3) is 0 Å². The predicted molar refractivity (Wildman–Crippen MR) is 83.2 cm³/mol. The lowest BCUT2D eigenvalue weighted by Crippen LogP contribution is -2.14. The molecule has 0 unspecified atom stereocenters. The molecule has 1 amide bonds. The van der Waals surface area contributed by atoms with Gasteiger partial charge in [0.25, 0.3) is 5.91 Å². The van der Waals surface area contributed by atoms with Crippen molar-refractivity contribution in [3.05, 3.63) is 45.2 Å². The average molecular weight is 349 g/mol. The molecule has 2 aromatic rings. The third-order valence-electron chi connectivity index (χ3n) is 2.32. The van der Waals surface area contributed by atoms with Crippen LogP contribution in [0, 0.1) is 0 Å². The molecule has 0 spiro atoms. The Hall–Kier alpha value is -1.01. The highest BCUT2D eigenvalue weighted by Crippen LogP contribution is 2.26. The number of carbonyl (C=O) groups excluding carboxylic acids is 1. The van der Waals surface area contributed by atoms with Gasteiger partial charge in [0.15, 0.2) is 5.16 Å². The summed E-state index contributed by atoms with van der Waals surface area (Å²) in [5.41, 5.74) is 0.565. The summed E-state index contributed by atoms with van der Waals surface area (Å²) in [4.78, 5) is 20.1. The average Bonchev–Trinajstić information content (AvgIpc) is 2.42. The van der Waals surface area contributed by atoms with E-state index in [0.29, 0.717) is 20.9 Å². The van der Waals surface area contributed by atoms with E-state index in [0.717, 1.165) is 0 Å². The van der Waals surface area contributed by atoms with E-state index in [1.165, 1.54) is 18.0 Å². The van der Waals surface area contributed by atoms with Gasteiger partial charge < -0.3 is 5.32 Å². The molecule has 2 rings (SSSR count). The van der Waals surface area contributed by atoms with Crippen LogP contribution in [0.3, 0.4) is 0 Å². The third-order valence-corrected chi connectivity index (χ3v) is 3.74. The summed E-state index contributed by atoms with van der Waals surface area (Å²) < 4.78 is 0. The number of carbonyl (C=O) groups is 1. The molecule has 1 aromatic heterocycles. The van der Waals surface area contributed by atoms with E-state index in [2.05, 4.69) is 15.3 Å². The van der Waals surface area contributed by atoms with Crippen molar-refractivity contribution in [2.75, 3.05) is 11.6 Å². The van der Waals surface area contributed by atoms with Gasteiger partial charge in [-0.25, -0.2) is 9.97 Å². The quantitative estimate of drug-likeness (QED) is 0.507. The normalized spacial score (nSPS) is 10.4. The number of thioether (sulfide) groups is 1. The van der Waals surface area contributed by atoms with Crippen LogP contribution in [0.4, 0.5) is 5.69 Å². The maximum absolute atomic E-state index is 12.1. The van der Waals surface area contributed by atoms with Crippen LogP contribution in [0.1, 0.15) is 10.4 Å². The fraction of sp³-hybridized carbons (Fsp3) is 0.0833. The first-order chi connectivity index (χ1) is 9.51. The Labute approximate surface area is 134 Å². The molecule has 0 aliphatic carbocycles. The molecule has 0 aliphatic heterocycles. The molecule has 4 nitrogen and oxygen atoms in total.